The van der Waals surface area contributed by atoms with Crippen molar-refractivity contribution < 1.29 is 9.13 Å². The number of fused-ring (bicyclic) bond motifs is 2. The van der Waals surface area contributed by atoms with E-state index < -0.39 is 5.67 Å². The molecule has 0 aliphatic carbocycles. The Morgan fingerprint density at radius 1 is 1.27 bits per heavy atom. The minimum absolute atomic E-state index is 0.135. The lowest BCUT2D eigenvalue weighted by atomic mass is 10.1. The fourth-order valence-corrected chi connectivity index (χ4v) is 3.38. The zero-order valence-corrected chi connectivity index (χ0v) is 17.7. The SMILES string of the molecule is COCCN1CC(C)=Nc2ccc(-c3ccn4nc(NCC(C)(C)F)ncc34)nc21. The Bertz CT molecular complexity index is 1090. The molecule has 1 aliphatic rings. The maximum absolute atomic E-state index is 13.7. The molecule has 0 saturated carbocycles. The van der Waals surface area contributed by atoms with Gasteiger partial charge in [-0.15, -0.1) is 5.10 Å². The van der Waals surface area contributed by atoms with E-state index in [-0.39, 0.29) is 6.54 Å². The number of anilines is 2. The largest absolute Gasteiger partial charge is 0.383 e. The van der Waals surface area contributed by atoms with E-state index in [1.54, 1.807) is 17.8 Å². The quantitative estimate of drug-likeness (QED) is 0.641. The van der Waals surface area contributed by atoms with Crippen molar-refractivity contribution in [3.05, 3.63) is 30.6 Å². The minimum Gasteiger partial charge on any atom is -0.383 e. The Morgan fingerprint density at radius 2 is 2.10 bits per heavy atom. The summed E-state index contributed by atoms with van der Waals surface area (Å²) in [6, 6.07) is 5.91. The van der Waals surface area contributed by atoms with Crippen LogP contribution in [-0.4, -0.2) is 64.3 Å². The standard InChI is InChI=1S/C21H26FN7O/c1-14-12-28(9-10-30-4)19-17(25-14)6-5-16(26-19)15-7-8-29-18(15)11-23-20(27-29)24-13-21(2,3)22/h5-8,11H,9-10,12-13H2,1-4H3,(H,24,27). The van der Waals surface area contributed by atoms with Gasteiger partial charge in [0.15, 0.2) is 5.82 Å². The van der Waals surface area contributed by atoms with Crippen LogP contribution in [0.3, 0.4) is 0 Å². The number of rotatable bonds is 7. The van der Waals surface area contributed by atoms with Crippen LogP contribution >= 0.6 is 0 Å². The highest BCUT2D eigenvalue weighted by atomic mass is 19.1. The highest BCUT2D eigenvalue weighted by Crippen LogP contribution is 2.34. The average Bonchev–Trinajstić information content (AvgIpc) is 3.13. The molecule has 1 N–H and O–H groups in total. The molecule has 8 nitrogen and oxygen atoms in total. The Hall–Kier alpha value is -3.07. The van der Waals surface area contributed by atoms with Crippen molar-refractivity contribution in [1.29, 1.82) is 0 Å². The van der Waals surface area contributed by atoms with Gasteiger partial charge in [-0.05, 0) is 39.0 Å². The molecule has 0 amide bonds. The molecular formula is C21H26FN7O. The Kier molecular flexibility index (Phi) is 5.38. The van der Waals surface area contributed by atoms with Crippen LogP contribution in [0, 0.1) is 0 Å². The van der Waals surface area contributed by atoms with Crippen molar-refractivity contribution in [3.8, 4) is 11.3 Å². The van der Waals surface area contributed by atoms with Crippen LogP contribution in [0.5, 0.6) is 0 Å². The van der Waals surface area contributed by atoms with E-state index in [0.29, 0.717) is 12.6 Å². The third-order valence-electron chi connectivity index (χ3n) is 4.81. The highest BCUT2D eigenvalue weighted by Gasteiger charge is 2.21. The molecule has 0 atom stereocenters. The van der Waals surface area contributed by atoms with Crippen molar-refractivity contribution in [1.82, 2.24) is 19.6 Å². The molecule has 0 bridgehead atoms. The first kappa shape index (κ1) is 20.2. The lowest BCUT2D eigenvalue weighted by Crippen LogP contribution is -2.34. The molecule has 3 aromatic heterocycles. The molecular weight excluding hydrogens is 385 g/mol. The maximum Gasteiger partial charge on any atom is 0.241 e. The number of pyridine rings is 1. The van der Waals surface area contributed by atoms with E-state index in [4.69, 9.17) is 9.72 Å². The second-order valence-corrected chi connectivity index (χ2v) is 8.01. The Labute approximate surface area is 174 Å². The molecule has 0 spiro atoms. The number of aliphatic imine (C=N–C) groups is 1. The molecule has 30 heavy (non-hydrogen) atoms. The molecule has 0 fully saturated rings. The van der Waals surface area contributed by atoms with Gasteiger partial charge in [-0.3, -0.25) is 4.99 Å². The van der Waals surface area contributed by atoms with E-state index in [0.717, 1.165) is 47.1 Å². The van der Waals surface area contributed by atoms with Crippen LogP contribution in [-0.2, 0) is 4.74 Å². The van der Waals surface area contributed by atoms with Crippen LogP contribution in [0.2, 0.25) is 0 Å². The molecule has 3 aromatic rings. The first-order chi connectivity index (χ1) is 14.3. The van der Waals surface area contributed by atoms with Crippen molar-refractivity contribution in [3.63, 3.8) is 0 Å². The summed E-state index contributed by atoms with van der Waals surface area (Å²) in [7, 11) is 1.70. The second kappa shape index (κ2) is 7.98. The highest BCUT2D eigenvalue weighted by molar-refractivity contribution is 5.94. The summed E-state index contributed by atoms with van der Waals surface area (Å²) in [5.41, 5.74) is 3.14. The lowest BCUT2D eigenvalue weighted by Gasteiger charge is -2.28. The van der Waals surface area contributed by atoms with E-state index in [9.17, 15) is 4.39 Å². The number of aromatic nitrogens is 4. The Morgan fingerprint density at radius 3 is 2.87 bits per heavy atom. The Balaban J connectivity index is 1.66. The zero-order valence-electron chi connectivity index (χ0n) is 17.7. The number of ether oxygens (including phenoxy) is 1. The number of methoxy groups -OCH3 is 1. The predicted octanol–water partition coefficient (Wildman–Crippen LogP) is 3.51. The second-order valence-electron chi connectivity index (χ2n) is 8.01. The first-order valence-electron chi connectivity index (χ1n) is 9.91. The summed E-state index contributed by atoms with van der Waals surface area (Å²) in [5.74, 6) is 1.23. The third-order valence-corrected chi connectivity index (χ3v) is 4.81. The summed E-state index contributed by atoms with van der Waals surface area (Å²) < 4.78 is 20.7. The van der Waals surface area contributed by atoms with Gasteiger partial charge in [-0.2, -0.15) is 0 Å². The molecule has 0 radical (unpaired) electrons. The van der Waals surface area contributed by atoms with Gasteiger partial charge in [-0.25, -0.2) is 18.9 Å². The van der Waals surface area contributed by atoms with Crippen molar-refractivity contribution >= 4 is 28.7 Å². The van der Waals surface area contributed by atoms with E-state index in [1.165, 1.54) is 13.8 Å². The van der Waals surface area contributed by atoms with Crippen LogP contribution in [0.1, 0.15) is 20.8 Å². The smallest absolute Gasteiger partial charge is 0.241 e. The van der Waals surface area contributed by atoms with Crippen molar-refractivity contribution in [2.45, 2.75) is 26.4 Å². The first-order valence-corrected chi connectivity index (χ1v) is 9.91. The molecule has 0 saturated heterocycles. The molecule has 4 heterocycles. The van der Waals surface area contributed by atoms with Crippen LogP contribution in [0.25, 0.3) is 16.8 Å². The van der Waals surface area contributed by atoms with Gasteiger partial charge in [0, 0.05) is 31.1 Å². The van der Waals surface area contributed by atoms with E-state index in [1.807, 2.05) is 31.3 Å². The van der Waals surface area contributed by atoms with E-state index >= 15 is 0 Å². The number of nitrogens with zero attached hydrogens (tertiary/aromatic N) is 6. The lowest BCUT2D eigenvalue weighted by molar-refractivity contribution is 0.205. The normalized spacial score (nSPS) is 14.0. The van der Waals surface area contributed by atoms with Gasteiger partial charge in [0.1, 0.15) is 11.4 Å². The summed E-state index contributed by atoms with van der Waals surface area (Å²) >= 11 is 0. The number of hydrogen-bond acceptors (Lipinski definition) is 7. The van der Waals surface area contributed by atoms with Gasteiger partial charge in [0.25, 0.3) is 0 Å². The van der Waals surface area contributed by atoms with Gasteiger partial charge in [0.2, 0.25) is 5.95 Å². The van der Waals surface area contributed by atoms with Gasteiger partial charge in [0.05, 0.1) is 37.1 Å². The number of nitrogens with one attached hydrogen (secondary N) is 1. The summed E-state index contributed by atoms with van der Waals surface area (Å²) in [6.45, 7) is 7.26. The maximum atomic E-state index is 13.7. The third kappa shape index (κ3) is 4.25. The summed E-state index contributed by atoms with van der Waals surface area (Å²) in [4.78, 5) is 16.1. The summed E-state index contributed by atoms with van der Waals surface area (Å²) in [5, 5.41) is 7.36. The van der Waals surface area contributed by atoms with Gasteiger partial charge >= 0.3 is 0 Å². The fraction of sp³-hybridized carbons (Fsp3) is 0.429. The number of hydrogen-bond donors (Lipinski definition) is 1. The molecule has 9 heteroatoms. The molecule has 0 unspecified atom stereocenters. The molecule has 4 rings (SSSR count). The van der Waals surface area contributed by atoms with Crippen LogP contribution in [0.4, 0.5) is 21.8 Å². The number of alkyl halides is 1. The molecule has 1 aliphatic heterocycles. The topological polar surface area (TPSA) is 79.9 Å². The van der Waals surface area contributed by atoms with E-state index in [2.05, 4.69) is 25.3 Å². The molecule has 0 aromatic carbocycles. The van der Waals surface area contributed by atoms with Gasteiger partial charge in [-0.1, -0.05) is 0 Å². The minimum atomic E-state index is -1.34. The molecule has 158 valence electrons. The number of halogens is 1. The zero-order chi connectivity index (χ0) is 21.3. The van der Waals surface area contributed by atoms with Crippen LogP contribution in [0.15, 0.2) is 35.6 Å². The summed E-state index contributed by atoms with van der Waals surface area (Å²) in [6.07, 6.45) is 3.58. The predicted molar refractivity (Wildman–Crippen MR) is 117 cm³/mol. The average molecular weight is 411 g/mol. The fourth-order valence-electron chi connectivity index (χ4n) is 3.38. The van der Waals surface area contributed by atoms with Crippen LogP contribution < -0.4 is 10.2 Å². The van der Waals surface area contributed by atoms with Gasteiger partial charge < -0.3 is 15.0 Å². The van der Waals surface area contributed by atoms with Crippen molar-refractivity contribution in [2.75, 3.05) is 43.6 Å². The van der Waals surface area contributed by atoms with Crippen molar-refractivity contribution in [2.24, 2.45) is 4.99 Å². The monoisotopic (exact) mass is 411 g/mol.